The number of rotatable bonds is 2. The van der Waals surface area contributed by atoms with Crippen molar-refractivity contribution in [2.24, 2.45) is 0 Å². The molecule has 14 heavy (non-hydrogen) atoms. The molecule has 0 radical (unpaired) electrons. The number of thioether (sulfide) groups is 1. The lowest BCUT2D eigenvalue weighted by atomic mass is 9.95. The zero-order valence-corrected chi connectivity index (χ0v) is 9.07. The van der Waals surface area contributed by atoms with E-state index in [-0.39, 0.29) is 0 Å². The average Bonchev–Trinajstić information content (AvgIpc) is 2.65. The molecule has 1 aromatic heterocycles. The van der Waals surface area contributed by atoms with Gasteiger partial charge in [0.05, 0.1) is 6.04 Å². The molecule has 0 saturated heterocycles. The number of hydrogen-bond acceptors (Lipinski definition) is 5. The first-order valence-corrected chi connectivity index (χ1v) is 6.16. The maximum Gasteiger partial charge on any atom is 0.240 e. The molecule has 0 atom stereocenters. The van der Waals surface area contributed by atoms with Gasteiger partial charge in [0.2, 0.25) is 5.95 Å². The number of aromatic nitrogens is 4. The monoisotopic (exact) mass is 213 g/mol. The fourth-order valence-electron chi connectivity index (χ4n) is 1.99. The molecule has 1 heterocycles. The molecule has 2 N–H and O–H groups in total. The lowest BCUT2D eigenvalue weighted by Crippen LogP contribution is -2.21. The first-order chi connectivity index (χ1) is 6.81. The number of anilines is 1. The molecule has 1 aromatic rings. The quantitative estimate of drug-likeness (QED) is 0.796. The molecule has 0 aromatic carbocycles. The fourth-order valence-corrected chi connectivity index (χ4v) is 2.73. The summed E-state index contributed by atoms with van der Waals surface area (Å²) in [5, 5.41) is 12.0. The molecule has 1 fully saturated rings. The normalized spacial score (nSPS) is 27.8. The van der Waals surface area contributed by atoms with Crippen molar-refractivity contribution in [1.82, 2.24) is 20.2 Å². The van der Waals surface area contributed by atoms with E-state index in [4.69, 9.17) is 5.73 Å². The third-order valence-electron chi connectivity index (χ3n) is 2.84. The van der Waals surface area contributed by atoms with Crippen LogP contribution in [0.25, 0.3) is 0 Å². The lowest BCUT2D eigenvalue weighted by molar-refractivity contribution is 0.333. The van der Waals surface area contributed by atoms with Crippen LogP contribution in [-0.2, 0) is 0 Å². The predicted octanol–water partition coefficient (Wildman–Crippen LogP) is 1.10. The second kappa shape index (κ2) is 4.16. The van der Waals surface area contributed by atoms with Crippen molar-refractivity contribution in [3.05, 3.63) is 0 Å². The second-order valence-corrected chi connectivity index (χ2v) is 4.79. The van der Waals surface area contributed by atoms with E-state index in [9.17, 15) is 0 Å². The van der Waals surface area contributed by atoms with Crippen LogP contribution in [0, 0.1) is 0 Å². The molecule has 6 heteroatoms. The van der Waals surface area contributed by atoms with Crippen LogP contribution in [0.2, 0.25) is 0 Å². The highest BCUT2D eigenvalue weighted by Gasteiger charge is 2.23. The van der Waals surface area contributed by atoms with E-state index in [0.29, 0.717) is 12.0 Å². The van der Waals surface area contributed by atoms with Crippen LogP contribution < -0.4 is 5.73 Å². The minimum atomic E-state index is 0.411. The highest BCUT2D eigenvalue weighted by molar-refractivity contribution is 7.99. The van der Waals surface area contributed by atoms with E-state index in [1.165, 1.54) is 12.8 Å². The van der Waals surface area contributed by atoms with Gasteiger partial charge < -0.3 is 5.73 Å². The summed E-state index contributed by atoms with van der Waals surface area (Å²) in [6.45, 7) is 0. The van der Waals surface area contributed by atoms with Crippen molar-refractivity contribution in [1.29, 1.82) is 0 Å². The topological polar surface area (TPSA) is 69.6 Å². The Morgan fingerprint density at radius 1 is 1.36 bits per heavy atom. The van der Waals surface area contributed by atoms with Gasteiger partial charge in [-0.3, -0.25) is 0 Å². The van der Waals surface area contributed by atoms with Crippen LogP contribution in [0.3, 0.4) is 0 Å². The molecule has 5 nitrogen and oxygen atoms in total. The Hall–Kier alpha value is -0.780. The maximum absolute atomic E-state index is 5.66. The summed E-state index contributed by atoms with van der Waals surface area (Å²) < 4.78 is 1.76. The molecule has 1 aliphatic rings. The molecule has 78 valence electrons. The van der Waals surface area contributed by atoms with E-state index in [1.54, 1.807) is 4.68 Å². The molecule has 1 aliphatic carbocycles. The van der Waals surface area contributed by atoms with Gasteiger partial charge in [0, 0.05) is 5.25 Å². The Balaban J connectivity index is 1.99. The Kier molecular flexibility index (Phi) is 2.90. The molecule has 0 aliphatic heterocycles. The van der Waals surface area contributed by atoms with Crippen LogP contribution in [0.4, 0.5) is 5.95 Å². The SMILES string of the molecule is CSC1CCC(n2nnnc2N)CC1. The summed E-state index contributed by atoms with van der Waals surface area (Å²) in [7, 11) is 0. The minimum absolute atomic E-state index is 0.411. The van der Waals surface area contributed by atoms with Crippen LogP contribution in [-0.4, -0.2) is 31.7 Å². The summed E-state index contributed by atoms with van der Waals surface area (Å²) in [6, 6.07) is 0.411. The van der Waals surface area contributed by atoms with E-state index in [2.05, 4.69) is 21.8 Å². The average molecular weight is 213 g/mol. The highest BCUT2D eigenvalue weighted by Crippen LogP contribution is 2.33. The first-order valence-electron chi connectivity index (χ1n) is 4.87. The van der Waals surface area contributed by atoms with Crippen molar-refractivity contribution < 1.29 is 0 Å². The van der Waals surface area contributed by atoms with E-state index in [1.807, 2.05) is 11.8 Å². The standard InChI is InChI=1S/C8H15N5S/c1-14-7-4-2-6(3-5-7)13-8(9)10-11-12-13/h6-7H,2-5H2,1H3,(H2,9,10,12). The van der Waals surface area contributed by atoms with Gasteiger partial charge in [-0.1, -0.05) is 5.10 Å². The van der Waals surface area contributed by atoms with Crippen molar-refractivity contribution in [2.75, 3.05) is 12.0 Å². The third-order valence-corrected chi connectivity index (χ3v) is 3.98. The number of nitrogen functional groups attached to an aromatic ring is 1. The Labute approximate surface area is 87.4 Å². The lowest BCUT2D eigenvalue weighted by Gasteiger charge is -2.27. The molecule has 0 bridgehead atoms. The fraction of sp³-hybridized carbons (Fsp3) is 0.875. The zero-order chi connectivity index (χ0) is 9.97. The van der Waals surface area contributed by atoms with Crippen LogP contribution >= 0.6 is 11.8 Å². The summed E-state index contributed by atoms with van der Waals surface area (Å²) in [5.74, 6) is 0.442. The predicted molar refractivity (Wildman–Crippen MR) is 57.0 cm³/mol. The number of nitrogens with two attached hydrogens (primary N) is 1. The van der Waals surface area contributed by atoms with Gasteiger partial charge in [0.1, 0.15) is 0 Å². The molecule has 0 amide bonds. The van der Waals surface area contributed by atoms with Gasteiger partial charge in [-0.25, -0.2) is 4.68 Å². The van der Waals surface area contributed by atoms with E-state index >= 15 is 0 Å². The second-order valence-electron chi connectivity index (χ2n) is 3.65. The number of nitrogens with zero attached hydrogens (tertiary/aromatic N) is 4. The maximum atomic E-state index is 5.66. The van der Waals surface area contributed by atoms with Crippen molar-refractivity contribution in [3.8, 4) is 0 Å². The molecule has 0 spiro atoms. The highest BCUT2D eigenvalue weighted by atomic mass is 32.2. The number of tetrazole rings is 1. The van der Waals surface area contributed by atoms with Crippen molar-refractivity contribution >= 4 is 17.7 Å². The summed E-state index contributed by atoms with van der Waals surface area (Å²) in [6.07, 6.45) is 6.94. The Morgan fingerprint density at radius 3 is 2.57 bits per heavy atom. The number of hydrogen-bond donors (Lipinski definition) is 1. The van der Waals surface area contributed by atoms with Gasteiger partial charge in [0.25, 0.3) is 0 Å². The van der Waals surface area contributed by atoms with Crippen LogP contribution in [0.15, 0.2) is 0 Å². The van der Waals surface area contributed by atoms with Gasteiger partial charge in [-0.05, 0) is 42.4 Å². The van der Waals surface area contributed by atoms with Gasteiger partial charge >= 0.3 is 0 Å². The molecular formula is C8H15N5S. The van der Waals surface area contributed by atoms with Gasteiger partial charge in [-0.15, -0.1) is 0 Å². The van der Waals surface area contributed by atoms with E-state index < -0.39 is 0 Å². The first kappa shape index (κ1) is 9.76. The molecule has 0 unspecified atom stereocenters. The molecule has 1 saturated carbocycles. The largest absolute Gasteiger partial charge is 0.367 e. The summed E-state index contributed by atoms with van der Waals surface area (Å²) >= 11 is 1.96. The van der Waals surface area contributed by atoms with Crippen LogP contribution in [0.5, 0.6) is 0 Å². The minimum Gasteiger partial charge on any atom is -0.367 e. The Morgan fingerprint density at radius 2 is 2.07 bits per heavy atom. The van der Waals surface area contributed by atoms with Crippen molar-refractivity contribution in [2.45, 2.75) is 37.0 Å². The molecular weight excluding hydrogens is 198 g/mol. The zero-order valence-electron chi connectivity index (χ0n) is 8.26. The van der Waals surface area contributed by atoms with E-state index in [0.717, 1.165) is 18.1 Å². The van der Waals surface area contributed by atoms with Gasteiger partial charge in [-0.2, -0.15) is 11.8 Å². The summed E-state index contributed by atoms with van der Waals surface area (Å²) in [4.78, 5) is 0. The molecule has 2 rings (SSSR count). The smallest absolute Gasteiger partial charge is 0.240 e. The van der Waals surface area contributed by atoms with Crippen LogP contribution in [0.1, 0.15) is 31.7 Å². The Bertz CT molecular complexity index is 292. The third kappa shape index (κ3) is 1.84. The summed E-state index contributed by atoms with van der Waals surface area (Å²) in [5.41, 5.74) is 5.66. The van der Waals surface area contributed by atoms with Crippen molar-refractivity contribution in [3.63, 3.8) is 0 Å². The van der Waals surface area contributed by atoms with Gasteiger partial charge in [0.15, 0.2) is 0 Å².